The van der Waals surface area contributed by atoms with Crippen LogP contribution in [0.3, 0.4) is 0 Å². The van der Waals surface area contributed by atoms with E-state index in [2.05, 4.69) is 25.1 Å². The highest BCUT2D eigenvalue weighted by Gasteiger charge is 2.14. The fraction of sp³-hybridized carbons (Fsp3) is 0.238. The molecule has 0 radical (unpaired) electrons. The standard InChI is InChI=1S/C21H21N3O/c1-14-10-18(8-9-19(14)12-22)21-15(2)23-24(16(21)3)13-17-6-5-7-20(11-17)25-4/h5-11H,13H2,1-4H3. The van der Waals surface area contributed by atoms with Crippen molar-refractivity contribution in [3.05, 3.63) is 70.5 Å². The van der Waals surface area contributed by atoms with Crippen molar-refractivity contribution in [1.82, 2.24) is 9.78 Å². The lowest BCUT2D eigenvalue weighted by Crippen LogP contribution is -2.04. The van der Waals surface area contributed by atoms with E-state index in [-0.39, 0.29) is 0 Å². The molecule has 1 aromatic heterocycles. The fourth-order valence-corrected chi connectivity index (χ4v) is 3.16. The number of nitrogens with zero attached hydrogens (tertiary/aromatic N) is 3. The Kier molecular flexibility index (Phi) is 4.58. The van der Waals surface area contributed by atoms with E-state index in [4.69, 9.17) is 15.1 Å². The first-order chi connectivity index (χ1) is 12.0. The molecule has 0 unspecified atom stereocenters. The third-order valence-corrected chi connectivity index (χ3v) is 4.48. The minimum atomic E-state index is 0.694. The molecule has 1 heterocycles. The van der Waals surface area contributed by atoms with Gasteiger partial charge in [-0.3, -0.25) is 4.68 Å². The zero-order chi connectivity index (χ0) is 18.0. The van der Waals surface area contributed by atoms with Gasteiger partial charge in [0.1, 0.15) is 5.75 Å². The molecule has 0 N–H and O–H groups in total. The van der Waals surface area contributed by atoms with Gasteiger partial charge in [0, 0.05) is 11.3 Å². The van der Waals surface area contributed by atoms with Gasteiger partial charge in [0.05, 0.1) is 31.0 Å². The van der Waals surface area contributed by atoms with Crippen LogP contribution >= 0.6 is 0 Å². The monoisotopic (exact) mass is 331 g/mol. The molecule has 0 amide bonds. The van der Waals surface area contributed by atoms with Crippen molar-refractivity contribution in [1.29, 1.82) is 5.26 Å². The highest BCUT2D eigenvalue weighted by molar-refractivity contribution is 5.70. The summed E-state index contributed by atoms with van der Waals surface area (Å²) >= 11 is 0. The largest absolute Gasteiger partial charge is 0.497 e. The second-order valence-electron chi connectivity index (χ2n) is 6.20. The molecule has 0 saturated carbocycles. The van der Waals surface area contributed by atoms with Gasteiger partial charge in [-0.25, -0.2) is 0 Å². The molecular formula is C21H21N3O. The SMILES string of the molecule is COc1cccc(Cn2nc(C)c(-c3ccc(C#N)c(C)c3)c2C)c1. The molecule has 126 valence electrons. The fourth-order valence-electron chi connectivity index (χ4n) is 3.16. The number of hydrogen-bond donors (Lipinski definition) is 0. The first-order valence-electron chi connectivity index (χ1n) is 8.21. The van der Waals surface area contributed by atoms with Crippen molar-refractivity contribution < 1.29 is 4.74 Å². The average molecular weight is 331 g/mol. The number of nitriles is 1. The Labute approximate surface area is 148 Å². The molecule has 4 heteroatoms. The molecule has 2 aromatic carbocycles. The summed E-state index contributed by atoms with van der Waals surface area (Å²) in [6, 6.07) is 16.2. The Morgan fingerprint density at radius 1 is 1.12 bits per heavy atom. The van der Waals surface area contributed by atoms with Crippen LogP contribution in [0.2, 0.25) is 0 Å². The zero-order valence-electron chi connectivity index (χ0n) is 15.0. The molecular weight excluding hydrogens is 310 g/mol. The van der Waals surface area contributed by atoms with Gasteiger partial charge in [0.2, 0.25) is 0 Å². The summed E-state index contributed by atoms with van der Waals surface area (Å²) in [5, 5.41) is 13.8. The van der Waals surface area contributed by atoms with E-state index < -0.39 is 0 Å². The number of ether oxygens (including phenoxy) is 1. The van der Waals surface area contributed by atoms with E-state index >= 15 is 0 Å². The van der Waals surface area contributed by atoms with E-state index in [1.54, 1.807) is 7.11 Å². The molecule has 0 aliphatic heterocycles. The maximum atomic E-state index is 9.12. The summed E-state index contributed by atoms with van der Waals surface area (Å²) in [7, 11) is 1.67. The highest BCUT2D eigenvalue weighted by atomic mass is 16.5. The van der Waals surface area contributed by atoms with Crippen LogP contribution in [-0.4, -0.2) is 16.9 Å². The minimum Gasteiger partial charge on any atom is -0.497 e. The summed E-state index contributed by atoms with van der Waals surface area (Å²) in [5.74, 6) is 0.849. The molecule has 0 bridgehead atoms. The van der Waals surface area contributed by atoms with E-state index in [0.29, 0.717) is 12.1 Å². The Bertz CT molecular complexity index is 964. The smallest absolute Gasteiger partial charge is 0.119 e. The topological polar surface area (TPSA) is 50.8 Å². The van der Waals surface area contributed by atoms with Gasteiger partial charge in [0.15, 0.2) is 0 Å². The van der Waals surface area contributed by atoms with Gasteiger partial charge < -0.3 is 4.74 Å². The summed E-state index contributed by atoms with van der Waals surface area (Å²) in [6.45, 7) is 6.77. The van der Waals surface area contributed by atoms with Crippen LogP contribution in [0.5, 0.6) is 5.75 Å². The lowest BCUT2D eigenvalue weighted by Gasteiger charge is -2.08. The Morgan fingerprint density at radius 2 is 1.92 bits per heavy atom. The van der Waals surface area contributed by atoms with E-state index in [1.165, 1.54) is 0 Å². The van der Waals surface area contributed by atoms with Gasteiger partial charge in [-0.05, 0) is 61.7 Å². The third kappa shape index (κ3) is 3.27. The number of hydrogen-bond acceptors (Lipinski definition) is 3. The van der Waals surface area contributed by atoms with Gasteiger partial charge in [-0.2, -0.15) is 10.4 Å². The first kappa shape index (κ1) is 16.8. The molecule has 3 rings (SSSR count). The van der Waals surface area contributed by atoms with Crippen LogP contribution in [0.15, 0.2) is 42.5 Å². The van der Waals surface area contributed by atoms with E-state index in [1.807, 2.05) is 48.9 Å². The van der Waals surface area contributed by atoms with Crippen LogP contribution in [0.25, 0.3) is 11.1 Å². The normalized spacial score (nSPS) is 10.5. The van der Waals surface area contributed by atoms with Crippen LogP contribution in [0.1, 0.15) is 28.1 Å². The van der Waals surface area contributed by atoms with Crippen molar-refractivity contribution in [3.8, 4) is 22.9 Å². The second-order valence-corrected chi connectivity index (χ2v) is 6.20. The van der Waals surface area contributed by atoms with Crippen molar-refractivity contribution in [2.45, 2.75) is 27.3 Å². The molecule has 0 aliphatic rings. The van der Waals surface area contributed by atoms with E-state index in [0.717, 1.165) is 39.4 Å². The average Bonchev–Trinajstić information content (AvgIpc) is 2.88. The predicted octanol–water partition coefficient (Wildman–Crippen LogP) is 4.40. The van der Waals surface area contributed by atoms with Crippen molar-refractivity contribution in [2.24, 2.45) is 0 Å². The van der Waals surface area contributed by atoms with Crippen LogP contribution < -0.4 is 4.74 Å². The number of aryl methyl sites for hydroxylation is 2. The third-order valence-electron chi connectivity index (χ3n) is 4.48. The highest BCUT2D eigenvalue weighted by Crippen LogP contribution is 2.29. The summed E-state index contributed by atoms with van der Waals surface area (Å²) in [4.78, 5) is 0. The first-order valence-corrected chi connectivity index (χ1v) is 8.21. The van der Waals surface area contributed by atoms with Gasteiger partial charge >= 0.3 is 0 Å². The molecule has 4 nitrogen and oxygen atoms in total. The molecule has 0 spiro atoms. The summed E-state index contributed by atoms with van der Waals surface area (Å²) < 4.78 is 7.32. The number of benzene rings is 2. The quantitative estimate of drug-likeness (QED) is 0.712. The van der Waals surface area contributed by atoms with Crippen LogP contribution in [0.4, 0.5) is 0 Å². The molecule has 0 saturated heterocycles. The van der Waals surface area contributed by atoms with Crippen molar-refractivity contribution in [2.75, 3.05) is 7.11 Å². The number of methoxy groups -OCH3 is 1. The minimum absolute atomic E-state index is 0.694. The Morgan fingerprint density at radius 3 is 2.60 bits per heavy atom. The lowest BCUT2D eigenvalue weighted by atomic mass is 9.99. The van der Waals surface area contributed by atoms with Gasteiger partial charge in [-0.15, -0.1) is 0 Å². The lowest BCUT2D eigenvalue weighted by molar-refractivity contribution is 0.414. The van der Waals surface area contributed by atoms with Crippen molar-refractivity contribution in [3.63, 3.8) is 0 Å². The van der Waals surface area contributed by atoms with Gasteiger partial charge in [0.25, 0.3) is 0 Å². The number of aromatic nitrogens is 2. The maximum absolute atomic E-state index is 9.12. The molecule has 0 fully saturated rings. The van der Waals surface area contributed by atoms with Crippen molar-refractivity contribution >= 4 is 0 Å². The molecule has 0 aliphatic carbocycles. The van der Waals surface area contributed by atoms with Gasteiger partial charge in [-0.1, -0.05) is 18.2 Å². The summed E-state index contributed by atoms with van der Waals surface area (Å²) in [6.07, 6.45) is 0. The number of rotatable bonds is 4. The van der Waals surface area contributed by atoms with Crippen LogP contribution in [-0.2, 0) is 6.54 Å². The molecule has 3 aromatic rings. The summed E-state index contributed by atoms with van der Waals surface area (Å²) in [5.41, 5.74) is 7.18. The Balaban J connectivity index is 1.98. The zero-order valence-corrected chi connectivity index (χ0v) is 15.0. The predicted molar refractivity (Wildman–Crippen MR) is 98.7 cm³/mol. The molecule has 0 atom stereocenters. The second kappa shape index (κ2) is 6.82. The molecule has 25 heavy (non-hydrogen) atoms. The van der Waals surface area contributed by atoms with E-state index in [9.17, 15) is 0 Å². The maximum Gasteiger partial charge on any atom is 0.119 e. The Hall–Kier alpha value is -3.06. The van der Waals surface area contributed by atoms with Crippen LogP contribution in [0, 0.1) is 32.1 Å².